The van der Waals surface area contributed by atoms with E-state index in [-0.39, 0.29) is 42.4 Å². The van der Waals surface area contributed by atoms with Crippen molar-refractivity contribution < 1.29 is 22.7 Å². The third-order valence-electron chi connectivity index (χ3n) is 6.21. The van der Waals surface area contributed by atoms with Crippen LogP contribution >= 0.6 is 11.6 Å². The van der Waals surface area contributed by atoms with E-state index in [9.17, 15) is 13.2 Å². The first-order valence-electron chi connectivity index (χ1n) is 11.5. The van der Waals surface area contributed by atoms with Crippen LogP contribution in [0.4, 0.5) is 0 Å². The van der Waals surface area contributed by atoms with Crippen LogP contribution in [-0.2, 0) is 14.8 Å². The van der Waals surface area contributed by atoms with E-state index in [0.717, 1.165) is 25.7 Å². The molecule has 2 aliphatic heterocycles. The number of sulfonamides is 1. The van der Waals surface area contributed by atoms with Crippen molar-refractivity contribution in [3.63, 3.8) is 0 Å². The fourth-order valence-corrected chi connectivity index (χ4v) is 5.82. The highest BCUT2D eigenvalue weighted by Gasteiger charge is 2.32. The zero-order valence-electron chi connectivity index (χ0n) is 18.9. The molecule has 11 heteroatoms. The minimum absolute atomic E-state index is 0.104. The molecule has 2 heterocycles. The number of hydrogen-bond acceptors (Lipinski definition) is 7. The van der Waals surface area contributed by atoms with E-state index >= 15 is 0 Å². The van der Waals surface area contributed by atoms with E-state index in [2.05, 4.69) is 14.8 Å². The highest BCUT2D eigenvalue weighted by molar-refractivity contribution is 7.90. The Morgan fingerprint density at radius 2 is 1.91 bits per heavy atom. The van der Waals surface area contributed by atoms with Gasteiger partial charge in [0.2, 0.25) is 12.7 Å². The molecular formula is C24H25ClN4O5S. The molecule has 3 aliphatic rings. The number of halogens is 1. The minimum Gasteiger partial charge on any atom is -0.454 e. The Morgan fingerprint density at radius 1 is 1.17 bits per heavy atom. The summed E-state index contributed by atoms with van der Waals surface area (Å²) in [5.74, 6) is 1.15. The second-order valence-electron chi connectivity index (χ2n) is 8.63. The number of carbonyl (C=O) groups excluding carboxylic acids is 1. The molecule has 35 heavy (non-hydrogen) atoms. The van der Waals surface area contributed by atoms with Crippen LogP contribution in [0.25, 0.3) is 0 Å². The molecule has 0 aromatic heterocycles. The van der Waals surface area contributed by atoms with Crippen LogP contribution in [0.3, 0.4) is 0 Å². The predicted octanol–water partition coefficient (Wildman–Crippen LogP) is 3.69. The number of nitrogens with one attached hydrogen (secondary N) is 1. The first-order valence-corrected chi connectivity index (χ1v) is 13.4. The second-order valence-corrected chi connectivity index (χ2v) is 10.6. The second kappa shape index (κ2) is 9.87. The maximum Gasteiger partial charge on any atom is 0.285 e. The quantitative estimate of drug-likeness (QED) is 0.463. The van der Waals surface area contributed by atoms with Crippen molar-refractivity contribution in [2.24, 2.45) is 9.50 Å². The van der Waals surface area contributed by atoms with Crippen LogP contribution in [0.15, 0.2) is 50.8 Å². The van der Waals surface area contributed by atoms with E-state index in [1.165, 1.54) is 23.7 Å². The maximum absolute atomic E-state index is 12.7. The van der Waals surface area contributed by atoms with E-state index in [0.29, 0.717) is 27.6 Å². The van der Waals surface area contributed by atoms with Gasteiger partial charge in [-0.25, -0.2) is 5.01 Å². The fourth-order valence-electron chi connectivity index (χ4n) is 4.41. The molecule has 2 aromatic rings. The molecule has 1 fully saturated rings. The summed E-state index contributed by atoms with van der Waals surface area (Å²) in [5, 5.41) is 9.41. The molecule has 5 rings (SSSR count). The number of rotatable bonds is 6. The van der Waals surface area contributed by atoms with Gasteiger partial charge in [-0.05, 0) is 31.0 Å². The third kappa shape index (κ3) is 5.13. The number of hydrogen-bond donors (Lipinski definition) is 1. The minimum atomic E-state index is -3.85. The number of hydrazone groups is 1. The molecule has 2 aromatic carbocycles. The molecule has 1 amide bonds. The van der Waals surface area contributed by atoms with Crippen molar-refractivity contribution in [2.75, 3.05) is 13.3 Å². The number of benzene rings is 2. The van der Waals surface area contributed by atoms with Gasteiger partial charge in [0.25, 0.3) is 10.0 Å². The predicted molar refractivity (Wildman–Crippen MR) is 132 cm³/mol. The number of amides is 1. The molecule has 0 saturated heterocycles. The smallest absolute Gasteiger partial charge is 0.285 e. The molecular weight excluding hydrogens is 492 g/mol. The van der Waals surface area contributed by atoms with Gasteiger partial charge in [-0.2, -0.15) is 13.5 Å². The van der Waals surface area contributed by atoms with Crippen molar-refractivity contribution in [3.8, 4) is 11.5 Å². The number of amidine groups is 1. The summed E-state index contributed by atoms with van der Waals surface area (Å²) >= 11 is 6.38. The Balaban J connectivity index is 1.40. The first kappa shape index (κ1) is 23.6. The van der Waals surface area contributed by atoms with Crippen molar-refractivity contribution >= 4 is 39.6 Å². The van der Waals surface area contributed by atoms with Gasteiger partial charge in [0.05, 0.1) is 17.8 Å². The SMILES string of the molecule is O=C(CCN(/N=C/c1cc2c(cc1Cl)OCO2)C1=NS(=O)(=O)c2ccccc21)NC1CCCCC1. The zero-order chi connectivity index (χ0) is 24.4. The van der Waals surface area contributed by atoms with Crippen LogP contribution in [0.2, 0.25) is 5.02 Å². The Bertz CT molecular complexity index is 1300. The van der Waals surface area contributed by atoms with Gasteiger partial charge < -0.3 is 14.8 Å². The van der Waals surface area contributed by atoms with E-state index < -0.39 is 10.0 Å². The van der Waals surface area contributed by atoms with Gasteiger partial charge in [0.1, 0.15) is 4.90 Å². The van der Waals surface area contributed by atoms with Crippen molar-refractivity contribution in [1.29, 1.82) is 0 Å². The van der Waals surface area contributed by atoms with Gasteiger partial charge in [-0.15, -0.1) is 4.40 Å². The van der Waals surface area contributed by atoms with Gasteiger partial charge >= 0.3 is 0 Å². The number of nitrogens with zero attached hydrogens (tertiary/aromatic N) is 3. The molecule has 1 N–H and O–H groups in total. The number of ether oxygens (including phenoxy) is 2. The Labute approximate surface area is 208 Å². The standard InChI is InChI=1S/C24H25ClN4O5S/c25-19-13-21-20(33-15-34-21)12-16(19)14-26-29(11-10-23(30)27-17-6-2-1-3-7-17)24-18-8-4-5-9-22(18)35(31,32)28-24/h4-5,8-9,12-14,17H,1-3,6-7,10-11,15H2,(H,27,30)/b26-14+. The number of fused-ring (bicyclic) bond motifs is 2. The summed E-state index contributed by atoms with van der Waals surface area (Å²) in [6.45, 7) is 0.250. The summed E-state index contributed by atoms with van der Waals surface area (Å²) in [7, 11) is -3.85. The molecule has 0 radical (unpaired) electrons. The summed E-state index contributed by atoms with van der Waals surface area (Å²) in [6.07, 6.45) is 7.02. The van der Waals surface area contributed by atoms with Gasteiger partial charge in [0, 0.05) is 29.7 Å². The molecule has 9 nitrogen and oxygen atoms in total. The van der Waals surface area contributed by atoms with E-state index in [1.54, 1.807) is 30.3 Å². The lowest BCUT2D eigenvalue weighted by atomic mass is 9.95. The average Bonchev–Trinajstić information content (AvgIpc) is 3.41. The van der Waals surface area contributed by atoms with Crippen LogP contribution in [-0.4, -0.2) is 50.8 Å². The van der Waals surface area contributed by atoms with Crippen LogP contribution in [0.5, 0.6) is 11.5 Å². The summed E-state index contributed by atoms with van der Waals surface area (Å²) in [4.78, 5) is 12.8. The lowest BCUT2D eigenvalue weighted by Gasteiger charge is -2.24. The maximum atomic E-state index is 12.7. The molecule has 0 bridgehead atoms. The molecule has 1 saturated carbocycles. The molecule has 184 valence electrons. The van der Waals surface area contributed by atoms with Gasteiger partial charge in [0.15, 0.2) is 17.3 Å². The lowest BCUT2D eigenvalue weighted by molar-refractivity contribution is -0.122. The average molecular weight is 517 g/mol. The van der Waals surface area contributed by atoms with Gasteiger partial charge in [-0.3, -0.25) is 4.79 Å². The van der Waals surface area contributed by atoms with E-state index in [1.807, 2.05) is 0 Å². The van der Waals surface area contributed by atoms with E-state index in [4.69, 9.17) is 21.1 Å². The topological polar surface area (TPSA) is 110 Å². The van der Waals surface area contributed by atoms with Crippen LogP contribution < -0.4 is 14.8 Å². The van der Waals surface area contributed by atoms with Crippen molar-refractivity contribution in [1.82, 2.24) is 10.3 Å². The summed E-state index contributed by atoms with van der Waals surface area (Å²) in [6, 6.07) is 10.1. The fraction of sp³-hybridized carbons (Fsp3) is 0.375. The third-order valence-corrected chi connectivity index (χ3v) is 7.86. The van der Waals surface area contributed by atoms with Crippen molar-refractivity contribution in [2.45, 2.75) is 49.5 Å². The monoisotopic (exact) mass is 516 g/mol. The summed E-state index contributed by atoms with van der Waals surface area (Å²) in [5.41, 5.74) is 0.997. The lowest BCUT2D eigenvalue weighted by Crippen LogP contribution is -2.38. The largest absolute Gasteiger partial charge is 0.454 e. The Morgan fingerprint density at radius 3 is 2.71 bits per heavy atom. The number of carbonyl (C=O) groups is 1. The zero-order valence-corrected chi connectivity index (χ0v) is 20.5. The highest BCUT2D eigenvalue weighted by Crippen LogP contribution is 2.36. The normalized spacial score (nSPS) is 18.4. The molecule has 0 spiro atoms. The summed E-state index contributed by atoms with van der Waals surface area (Å²) < 4.78 is 40.0. The molecule has 0 unspecified atom stereocenters. The van der Waals surface area contributed by atoms with Gasteiger partial charge in [-0.1, -0.05) is 43.0 Å². The van der Waals surface area contributed by atoms with Crippen LogP contribution in [0.1, 0.15) is 49.7 Å². The van der Waals surface area contributed by atoms with Crippen molar-refractivity contribution in [3.05, 3.63) is 52.5 Å². The Hall–Kier alpha value is -3.11. The first-order chi connectivity index (χ1) is 16.9. The molecule has 1 aliphatic carbocycles. The molecule has 0 atom stereocenters. The highest BCUT2D eigenvalue weighted by atomic mass is 35.5. The Kier molecular flexibility index (Phi) is 6.66. The van der Waals surface area contributed by atoms with Crippen LogP contribution in [0, 0.1) is 0 Å².